The predicted octanol–water partition coefficient (Wildman–Crippen LogP) is 4.84. The molecule has 0 saturated heterocycles. The molecule has 0 aliphatic heterocycles. The number of carbonyl (C=O) groups is 1. The van der Waals surface area contributed by atoms with Crippen LogP contribution in [0.3, 0.4) is 0 Å². The Hall–Kier alpha value is -3.19. The maximum absolute atomic E-state index is 12.3. The van der Waals surface area contributed by atoms with Gasteiger partial charge in [0, 0.05) is 0 Å². The van der Waals surface area contributed by atoms with Gasteiger partial charge in [-0.3, -0.25) is 0 Å². The second kappa shape index (κ2) is 7.82. The van der Waals surface area contributed by atoms with Crippen LogP contribution in [0.1, 0.15) is 32.4 Å². The molecule has 0 aliphatic carbocycles. The number of benzene rings is 2. The van der Waals surface area contributed by atoms with Crippen molar-refractivity contribution in [1.29, 1.82) is 0 Å². The van der Waals surface area contributed by atoms with Gasteiger partial charge in [-0.2, -0.15) is 0 Å². The number of para-hydroxylation sites is 1. The van der Waals surface area contributed by atoms with E-state index in [1.54, 1.807) is 24.3 Å². The third-order valence-corrected chi connectivity index (χ3v) is 5.33. The molecule has 0 spiro atoms. The molecule has 2 heterocycles. The van der Waals surface area contributed by atoms with E-state index in [4.69, 9.17) is 14.0 Å². The molecule has 0 atom stereocenters. The number of fused-ring (bicyclic) bond motifs is 1. The third-order valence-electron chi connectivity index (χ3n) is 4.32. The number of thiazole rings is 1. The van der Waals surface area contributed by atoms with E-state index in [0.29, 0.717) is 17.9 Å². The normalized spacial score (nSPS) is 10.9. The van der Waals surface area contributed by atoms with Crippen molar-refractivity contribution < 1.29 is 18.8 Å². The molecule has 2 aromatic carbocycles. The Labute approximate surface area is 165 Å². The maximum atomic E-state index is 12.3. The Balaban J connectivity index is 1.34. The number of hydrogen-bond acceptors (Lipinski definition) is 7. The SMILES string of the molecule is Cc1noc(C)c1COc1ccc(C(=O)OCc2nc3ccccc3s2)cc1. The summed E-state index contributed by atoms with van der Waals surface area (Å²) in [5.74, 6) is 1.01. The minimum atomic E-state index is -0.392. The third kappa shape index (κ3) is 3.89. The zero-order chi connectivity index (χ0) is 19.5. The summed E-state index contributed by atoms with van der Waals surface area (Å²) >= 11 is 1.52. The van der Waals surface area contributed by atoms with Gasteiger partial charge < -0.3 is 14.0 Å². The Kier molecular flexibility index (Phi) is 5.08. The van der Waals surface area contributed by atoms with E-state index in [1.165, 1.54) is 11.3 Å². The molecule has 2 aromatic heterocycles. The van der Waals surface area contributed by atoms with Crippen LogP contribution in [0.5, 0.6) is 5.75 Å². The largest absolute Gasteiger partial charge is 0.489 e. The van der Waals surface area contributed by atoms with Crippen LogP contribution in [-0.4, -0.2) is 16.1 Å². The standard InChI is InChI=1S/C21H18N2O4S/c1-13-17(14(2)27-23-13)11-25-16-9-7-15(8-10-16)21(24)26-12-20-22-18-5-3-4-6-19(18)28-20/h3-10H,11-12H2,1-2H3. The van der Waals surface area contributed by atoms with Gasteiger partial charge in [0.1, 0.15) is 29.7 Å². The van der Waals surface area contributed by atoms with Crippen molar-refractivity contribution in [2.45, 2.75) is 27.1 Å². The topological polar surface area (TPSA) is 74.5 Å². The van der Waals surface area contributed by atoms with E-state index >= 15 is 0 Å². The summed E-state index contributed by atoms with van der Waals surface area (Å²) in [5.41, 5.74) is 3.12. The summed E-state index contributed by atoms with van der Waals surface area (Å²) in [4.78, 5) is 16.7. The molecule has 0 fully saturated rings. The first-order chi connectivity index (χ1) is 13.6. The van der Waals surface area contributed by atoms with Gasteiger partial charge in [-0.15, -0.1) is 11.3 Å². The fraction of sp³-hybridized carbons (Fsp3) is 0.190. The minimum Gasteiger partial charge on any atom is -0.489 e. The summed E-state index contributed by atoms with van der Waals surface area (Å²) in [6.45, 7) is 4.24. The molecule has 0 saturated carbocycles. The number of carbonyl (C=O) groups excluding carboxylic acids is 1. The number of esters is 1. The van der Waals surface area contributed by atoms with E-state index in [9.17, 15) is 4.79 Å². The molecule has 0 N–H and O–H groups in total. The molecule has 7 heteroatoms. The molecule has 6 nitrogen and oxygen atoms in total. The zero-order valence-electron chi connectivity index (χ0n) is 15.5. The number of nitrogens with zero attached hydrogens (tertiary/aromatic N) is 2. The number of aromatic nitrogens is 2. The lowest BCUT2D eigenvalue weighted by molar-refractivity contribution is 0.0472. The highest BCUT2D eigenvalue weighted by atomic mass is 32.1. The van der Waals surface area contributed by atoms with Crippen LogP contribution in [0.25, 0.3) is 10.2 Å². The molecule has 0 aliphatic rings. The summed E-state index contributed by atoms with van der Waals surface area (Å²) in [7, 11) is 0. The molecular formula is C21H18N2O4S. The number of ether oxygens (including phenoxy) is 2. The monoisotopic (exact) mass is 394 g/mol. The Bertz CT molecular complexity index is 1060. The Morgan fingerprint density at radius 3 is 2.57 bits per heavy atom. The van der Waals surface area contributed by atoms with Crippen molar-refractivity contribution in [1.82, 2.24) is 10.1 Å². The zero-order valence-corrected chi connectivity index (χ0v) is 16.3. The second-order valence-electron chi connectivity index (χ2n) is 6.27. The highest BCUT2D eigenvalue weighted by molar-refractivity contribution is 7.18. The molecule has 0 unspecified atom stereocenters. The fourth-order valence-electron chi connectivity index (χ4n) is 2.74. The van der Waals surface area contributed by atoms with Gasteiger partial charge in [-0.1, -0.05) is 17.3 Å². The summed E-state index contributed by atoms with van der Waals surface area (Å²) in [6.07, 6.45) is 0. The molecule has 142 valence electrons. The molecule has 28 heavy (non-hydrogen) atoms. The highest BCUT2D eigenvalue weighted by Gasteiger charge is 2.12. The number of hydrogen-bond donors (Lipinski definition) is 0. The van der Waals surface area contributed by atoms with E-state index in [1.807, 2.05) is 38.1 Å². The van der Waals surface area contributed by atoms with Crippen molar-refractivity contribution in [2.24, 2.45) is 0 Å². The van der Waals surface area contributed by atoms with Gasteiger partial charge in [0.05, 0.1) is 27.0 Å². The van der Waals surface area contributed by atoms with Crippen LogP contribution >= 0.6 is 11.3 Å². The van der Waals surface area contributed by atoms with Crippen molar-refractivity contribution in [3.05, 3.63) is 76.1 Å². The lowest BCUT2D eigenvalue weighted by Crippen LogP contribution is -2.05. The first-order valence-electron chi connectivity index (χ1n) is 8.76. The highest BCUT2D eigenvalue weighted by Crippen LogP contribution is 2.23. The van der Waals surface area contributed by atoms with Crippen LogP contribution in [0.4, 0.5) is 0 Å². The van der Waals surface area contributed by atoms with Gasteiger partial charge in [0.15, 0.2) is 0 Å². The van der Waals surface area contributed by atoms with Crippen LogP contribution in [0.2, 0.25) is 0 Å². The van der Waals surface area contributed by atoms with Crippen molar-refractivity contribution >= 4 is 27.5 Å². The van der Waals surface area contributed by atoms with Gasteiger partial charge >= 0.3 is 5.97 Å². The number of rotatable bonds is 6. The van der Waals surface area contributed by atoms with Gasteiger partial charge in [-0.25, -0.2) is 9.78 Å². The first-order valence-corrected chi connectivity index (χ1v) is 9.58. The lowest BCUT2D eigenvalue weighted by atomic mass is 10.2. The van der Waals surface area contributed by atoms with Crippen LogP contribution in [0, 0.1) is 13.8 Å². The summed E-state index contributed by atoms with van der Waals surface area (Å²) in [5, 5.41) is 4.68. The van der Waals surface area contributed by atoms with Crippen molar-refractivity contribution in [3.63, 3.8) is 0 Å². The van der Waals surface area contributed by atoms with Crippen LogP contribution in [0.15, 0.2) is 53.1 Å². The molecule has 4 aromatic rings. The predicted molar refractivity (Wildman–Crippen MR) is 105 cm³/mol. The molecule has 0 bridgehead atoms. The average Bonchev–Trinajstić information content (AvgIpc) is 3.27. The molecule has 0 amide bonds. The smallest absolute Gasteiger partial charge is 0.338 e. The Morgan fingerprint density at radius 2 is 1.86 bits per heavy atom. The fourth-order valence-corrected chi connectivity index (χ4v) is 3.62. The van der Waals surface area contributed by atoms with E-state index < -0.39 is 5.97 Å². The Morgan fingerprint density at radius 1 is 1.07 bits per heavy atom. The van der Waals surface area contributed by atoms with E-state index in [-0.39, 0.29) is 6.61 Å². The van der Waals surface area contributed by atoms with E-state index in [0.717, 1.165) is 32.2 Å². The number of aryl methyl sites for hydroxylation is 2. The van der Waals surface area contributed by atoms with Crippen LogP contribution < -0.4 is 4.74 Å². The van der Waals surface area contributed by atoms with Gasteiger partial charge in [-0.05, 0) is 50.2 Å². The van der Waals surface area contributed by atoms with Gasteiger partial charge in [0.25, 0.3) is 0 Å². The van der Waals surface area contributed by atoms with Crippen LogP contribution in [-0.2, 0) is 18.0 Å². The maximum Gasteiger partial charge on any atom is 0.338 e. The van der Waals surface area contributed by atoms with Crippen molar-refractivity contribution in [3.8, 4) is 5.75 Å². The minimum absolute atomic E-state index is 0.155. The quantitative estimate of drug-likeness (QED) is 0.436. The molecule has 0 radical (unpaired) electrons. The van der Waals surface area contributed by atoms with Crippen molar-refractivity contribution in [2.75, 3.05) is 0 Å². The molecular weight excluding hydrogens is 376 g/mol. The summed E-state index contributed by atoms with van der Waals surface area (Å²) in [6, 6.07) is 14.7. The molecule has 4 rings (SSSR count). The lowest BCUT2D eigenvalue weighted by Gasteiger charge is -2.07. The second-order valence-corrected chi connectivity index (χ2v) is 7.38. The van der Waals surface area contributed by atoms with Gasteiger partial charge in [0.2, 0.25) is 0 Å². The summed E-state index contributed by atoms with van der Waals surface area (Å²) < 4.78 is 17.3. The van der Waals surface area contributed by atoms with E-state index in [2.05, 4.69) is 10.1 Å². The average molecular weight is 394 g/mol. The first kappa shape index (κ1) is 18.2.